The number of rotatable bonds is 5. The first-order chi connectivity index (χ1) is 12.2. The van der Waals surface area contributed by atoms with Gasteiger partial charge < -0.3 is 15.0 Å². The van der Waals surface area contributed by atoms with E-state index in [0.29, 0.717) is 25.6 Å². The Morgan fingerprint density at radius 3 is 2.72 bits per heavy atom. The van der Waals surface area contributed by atoms with Crippen LogP contribution in [0.5, 0.6) is 6.01 Å². The second-order valence-electron chi connectivity index (χ2n) is 6.09. The zero-order valence-electron chi connectivity index (χ0n) is 14.4. The minimum absolute atomic E-state index is 0.0259. The van der Waals surface area contributed by atoms with Gasteiger partial charge in [0.05, 0.1) is 0 Å². The molecule has 2 amide bonds. The van der Waals surface area contributed by atoms with Crippen molar-refractivity contribution in [3.05, 3.63) is 48.0 Å². The van der Waals surface area contributed by atoms with Crippen LogP contribution < -0.4 is 10.1 Å². The summed E-state index contributed by atoms with van der Waals surface area (Å²) in [6.45, 7) is 3.90. The minimum atomic E-state index is -0.0259. The third-order valence-corrected chi connectivity index (χ3v) is 4.15. The molecular weight excluding hydrogens is 318 g/mol. The lowest BCUT2D eigenvalue weighted by Gasteiger charge is -2.31. The first kappa shape index (κ1) is 17.1. The molecule has 0 bridgehead atoms. The number of nitrogens with one attached hydrogen (secondary N) is 1. The van der Waals surface area contributed by atoms with E-state index in [-0.39, 0.29) is 12.1 Å². The van der Waals surface area contributed by atoms with Crippen LogP contribution in [0.3, 0.4) is 0 Å². The van der Waals surface area contributed by atoms with Crippen molar-refractivity contribution in [3.63, 3.8) is 0 Å². The van der Waals surface area contributed by atoms with Gasteiger partial charge >= 0.3 is 12.0 Å². The van der Waals surface area contributed by atoms with Crippen molar-refractivity contribution in [2.45, 2.75) is 32.3 Å². The number of carbonyl (C=O) groups excluding carboxylic acids is 1. The molecule has 0 unspecified atom stereocenters. The summed E-state index contributed by atoms with van der Waals surface area (Å²) in [5.74, 6) is 0. The van der Waals surface area contributed by atoms with Crippen molar-refractivity contribution in [1.82, 2.24) is 25.2 Å². The highest BCUT2D eigenvalue weighted by molar-refractivity contribution is 5.74. The standard InChI is InChI=1S/C18H23N5O2/c1-14-4-2-5-15(22-14)6-11-21-18(24)23-12-7-16(8-13-23)25-17-19-9-3-10-20-17/h2-5,9-10,16H,6-8,11-13H2,1H3,(H,21,24). The van der Waals surface area contributed by atoms with Gasteiger partial charge in [-0.1, -0.05) is 6.07 Å². The maximum absolute atomic E-state index is 12.2. The van der Waals surface area contributed by atoms with Gasteiger partial charge in [0.25, 0.3) is 0 Å². The van der Waals surface area contributed by atoms with E-state index < -0.39 is 0 Å². The first-order valence-corrected chi connectivity index (χ1v) is 8.60. The Hall–Kier alpha value is -2.70. The third-order valence-electron chi connectivity index (χ3n) is 4.15. The largest absolute Gasteiger partial charge is 0.460 e. The van der Waals surface area contributed by atoms with Crippen molar-refractivity contribution in [2.75, 3.05) is 19.6 Å². The van der Waals surface area contributed by atoms with Gasteiger partial charge in [0, 0.05) is 62.7 Å². The van der Waals surface area contributed by atoms with Crippen LogP contribution in [0.2, 0.25) is 0 Å². The molecule has 132 valence electrons. The first-order valence-electron chi connectivity index (χ1n) is 8.60. The maximum Gasteiger partial charge on any atom is 0.317 e. The van der Waals surface area contributed by atoms with Gasteiger partial charge in [0.15, 0.2) is 0 Å². The van der Waals surface area contributed by atoms with Crippen LogP contribution in [-0.2, 0) is 6.42 Å². The summed E-state index contributed by atoms with van der Waals surface area (Å²) < 4.78 is 5.74. The lowest BCUT2D eigenvalue weighted by Crippen LogP contribution is -2.47. The summed E-state index contributed by atoms with van der Waals surface area (Å²) in [5.41, 5.74) is 1.99. The van der Waals surface area contributed by atoms with Gasteiger partial charge in [0.1, 0.15) is 6.10 Å². The van der Waals surface area contributed by atoms with Crippen LogP contribution in [0.1, 0.15) is 24.2 Å². The Balaban J connectivity index is 1.38. The molecule has 1 fully saturated rings. The molecule has 1 aliphatic rings. The third kappa shape index (κ3) is 5.14. The van der Waals surface area contributed by atoms with Crippen molar-refractivity contribution < 1.29 is 9.53 Å². The molecule has 25 heavy (non-hydrogen) atoms. The summed E-state index contributed by atoms with van der Waals surface area (Å²) in [6, 6.07) is 8.06. The van der Waals surface area contributed by atoms with E-state index in [9.17, 15) is 4.79 Å². The molecule has 3 rings (SSSR count). The minimum Gasteiger partial charge on any atom is -0.460 e. The van der Waals surface area contributed by atoms with Gasteiger partial charge in [-0.2, -0.15) is 0 Å². The molecule has 0 aromatic carbocycles. The predicted molar refractivity (Wildman–Crippen MR) is 93.3 cm³/mol. The Morgan fingerprint density at radius 2 is 2.00 bits per heavy atom. The number of urea groups is 1. The van der Waals surface area contributed by atoms with E-state index in [1.165, 1.54) is 0 Å². The Bertz CT molecular complexity index is 687. The van der Waals surface area contributed by atoms with E-state index in [1.54, 1.807) is 18.5 Å². The second kappa shape index (κ2) is 8.41. The maximum atomic E-state index is 12.2. The van der Waals surface area contributed by atoms with Crippen molar-refractivity contribution in [3.8, 4) is 6.01 Å². The summed E-state index contributed by atoms with van der Waals surface area (Å²) in [5, 5.41) is 2.97. The average molecular weight is 341 g/mol. The van der Waals surface area contributed by atoms with Gasteiger partial charge in [0.2, 0.25) is 0 Å². The number of amides is 2. The molecular formula is C18H23N5O2. The quantitative estimate of drug-likeness (QED) is 0.899. The summed E-state index contributed by atoms with van der Waals surface area (Å²) in [7, 11) is 0. The molecule has 2 aromatic heterocycles. The number of aryl methyl sites for hydroxylation is 1. The van der Waals surface area contributed by atoms with Crippen molar-refractivity contribution >= 4 is 6.03 Å². The molecule has 0 spiro atoms. The number of aromatic nitrogens is 3. The van der Waals surface area contributed by atoms with E-state index in [4.69, 9.17) is 4.74 Å². The molecule has 0 saturated carbocycles. The second-order valence-corrected chi connectivity index (χ2v) is 6.09. The van der Waals surface area contributed by atoms with Crippen LogP contribution in [0.4, 0.5) is 4.79 Å². The highest BCUT2D eigenvalue weighted by Crippen LogP contribution is 2.15. The zero-order valence-corrected chi connectivity index (χ0v) is 14.4. The zero-order chi connectivity index (χ0) is 17.5. The fraction of sp³-hybridized carbons (Fsp3) is 0.444. The monoisotopic (exact) mass is 341 g/mol. The number of carbonyl (C=O) groups is 1. The number of hydrogen-bond acceptors (Lipinski definition) is 5. The van der Waals surface area contributed by atoms with Crippen LogP contribution in [0.25, 0.3) is 0 Å². The fourth-order valence-electron chi connectivity index (χ4n) is 2.82. The number of likely N-dealkylation sites (tertiary alicyclic amines) is 1. The molecule has 0 aliphatic carbocycles. The highest BCUT2D eigenvalue weighted by atomic mass is 16.5. The normalized spacial score (nSPS) is 15.0. The molecule has 1 aliphatic heterocycles. The van der Waals surface area contributed by atoms with Gasteiger partial charge in [-0.15, -0.1) is 0 Å². The molecule has 7 heteroatoms. The molecule has 7 nitrogen and oxygen atoms in total. The van der Waals surface area contributed by atoms with E-state index in [1.807, 2.05) is 30.0 Å². The lowest BCUT2D eigenvalue weighted by atomic mass is 10.1. The molecule has 3 heterocycles. The smallest absolute Gasteiger partial charge is 0.317 e. The number of piperidine rings is 1. The van der Waals surface area contributed by atoms with Crippen LogP contribution >= 0.6 is 0 Å². The molecule has 0 radical (unpaired) electrons. The van der Waals surface area contributed by atoms with Gasteiger partial charge in [-0.05, 0) is 25.1 Å². The summed E-state index contributed by atoms with van der Waals surface area (Å²) >= 11 is 0. The Labute approximate surface area is 147 Å². The Morgan fingerprint density at radius 1 is 1.24 bits per heavy atom. The van der Waals surface area contributed by atoms with Crippen LogP contribution in [0.15, 0.2) is 36.7 Å². The number of ether oxygens (including phenoxy) is 1. The summed E-state index contributed by atoms with van der Waals surface area (Å²) in [4.78, 5) is 26.7. The molecule has 0 atom stereocenters. The van der Waals surface area contributed by atoms with Crippen molar-refractivity contribution in [1.29, 1.82) is 0 Å². The number of pyridine rings is 1. The van der Waals surface area contributed by atoms with E-state index in [0.717, 1.165) is 30.7 Å². The molecule has 2 aromatic rings. The topological polar surface area (TPSA) is 80.2 Å². The highest BCUT2D eigenvalue weighted by Gasteiger charge is 2.24. The average Bonchev–Trinajstić information content (AvgIpc) is 2.63. The van der Waals surface area contributed by atoms with E-state index >= 15 is 0 Å². The SMILES string of the molecule is Cc1cccc(CCNC(=O)N2CCC(Oc3ncccn3)CC2)n1. The van der Waals surface area contributed by atoms with Crippen LogP contribution in [0, 0.1) is 6.92 Å². The summed E-state index contributed by atoms with van der Waals surface area (Å²) in [6.07, 6.45) is 5.68. The Kier molecular flexibility index (Phi) is 5.77. The molecule has 1 N–H and O–H groups in total. The van der Waals surface area contributed by atoms with Gasteiger partial charge in [-0.3, -0.25) is 4.98 Å². The molecule has 1 saturated heterocycles. The van der Waals surface area contributed by atoms with Gasteiger partial charge in [-0.25, -0.2) is 14.8 Å². The fourth-order valence-corrected chi connectivity index (χ4v) is 2.82. The van der Waals surface area contributed by atoms with Crippen LogP contribution in [-0.4, -0.2) is 51.6 Å². The predicted octanol–water partition coefficient (Wildman–Crippen LogP) is 1.98. The van der Waals surface area contributed by atoms with E-state index in [2.05, 4.69) is 20.3 Å². The number of nitrogens with zero attached hydrogens (tertiary/aromatic N) is 4. The lowest BCUT2D eigenvalue weighted by molar-refractivity contribution is 0.103. The number of hydrogen-bond donors (Lipinski definition) is 1. The van der Waals surface area contributed by atoms with Crippen molar-refractivity contribution in [2.24, 2.45) is 0 Å².